The molecular weight excluding hydrogens is 253 g/mol. The number of halogens is 2. The Kier molecular flexibility index (Phi) is 6.16. The number of nitrogens with one attached hydrogen (secondary N) is 1. The van der Waals surface area contributed by atoms with Gasteiger partial charge >= 0.3 is 0 Å². The van der Waals surface area contributed by atoms with Crippen molar-refractivity contribution in [3.8, 4) is 5.75 Å². The number of ether oxygens (including phenoxy) is 1. The topological polar surface area (TPSA) is 21.3 Å². The van der Waals surface area contributed by atoms with E-state index in [1.807, 2.05) is 0 Å². The Morgan fingerprint density at radius 2 is 2.17 bits per heavy atom. The van der Waals surface area contributed by atoms with E-state index >= 15 is 0 Å². The van der Waals surface area contributed by atoms with Crippen LogP contribution in [0.25, 0.3) is 0 Å². The highest BCUT2D eigenvalue weighted by molar-refractivity contribution is 6.29. The fourth-order valence-corrected chi connectivity index (χ4v) is 1.53. The first kappa shape index (κ1) is 15.0. The maximum atomic E-state index is 13.4. The Labute approximate surface area is 113 Å². The van der Waals surface area contributed by atoms with E-state index in [0.717, 1.165) is 12.1 Å². The quantitative estimate of drug-likeness (QED) is 0.816. The van der Waals surface area contributed by atoms with Gasteiger partial charge in [-0.25, -0.2) is 4.39 Å². The van der Waals surface area contributed by atoms with Crippen LogP contribution in [0.2, 0.25) is 0 Å². The summed E-state index contributed by atoms with van der Waals surface area (Å²) in [4.78, 5) is 0. The molecule has 0 atom stereocenters. The predicted octanol–water partition coefficient (Wildman–Crippen LogP) is 3.70. The van der Waals surface area contributed by atoms with Crippen molar-refractivity contribution in [2.45, 2.75) is 20.4 Å². The average molecular weight is 272 g/mol. The Hall–Kier alpha value is -1.06. The fraction of sp³-hybridized carbons (Fsp3) is 0.429. The summed E-state index contributed by atoms with van der Waals surface area (Å²) in [5, 5.41) is 3.64. The fourth-order valence-electron chi connectivity index (χ4n) is 1.47. The van der Waals surface area contributed by atoms with Gasteiger partial charge in [-0.15, -0.1) is 0 Å². The van der Waals surface area contributed by atoms with Gasteiger partial charge < -0.3 is 10.1 Å². The third-order valence-corrected chi connectivity index (χ3v) is 2.32. The number of hydrogen-bond donors (Lipinski definition) is 1. The van der Waals surface area contributed by atoms with Gasteiger partial charge in [0, 0.05) is 17.6 Å². The van der Waals surface area contributed by atoms with Crippen LogP contribution < -0.4 is 10.1 Å². The van der Waals surface area contributed by atoms with Gasteiger partial charge in [0.15, 0.2) is 0 Å². The van der Waals surface area contributed by atoms with Gasteiger partial charge in [-0.2, -0.15) is 0 Å². The minimum atomic E-state index is -0.311. The first-order chi connectivity index (χ1) is 8.47. The zero-order valence-corrected chi connectivity index (χ0v) is 11.6. The highest BCUT2D eigenvalue weighted by Gasteiger charge is 2.03. The van der Waals surface area contributed by atoms with Gasteiger partial charge in [0.1, 0.15) is 18.2 Å². The smallest absolute Gasteiger partial charge is 0.127 e. The molecule has 100 valence electrons. The number of rotatable bonds is 7. The summed E-state index contributed by atoms with van der Waals surface area (Å²) in [7, 11) is 0. The van der Waals surface area contributed by atoms with E-state index < -0.39 is 0 Å². The molecule has 0 heterocycles. The van der Waals surface area contributed by atoms with Gasteiger partial charge in [-0.1, -0.05) is 32.0 Å². The van der Waals surface area contributed by atoms with Crippen molar-refractivity contribution in [3.05, 3.63) is 41.2 Å². The van der Waals surface area contributed by atoms with Crippen molar-refractivity contribution < 1.29 is 9.13 Å². The molecule has 0 amide bonds. The summed E-state index contributed by atoms with van der Waals surface area (Å²) >= 11 is 5.60. The normalized spacial score (nSPS) is 10.7. The molecule has 1 aromatic carbocycles. The Balaban J connectivity index is 2.59. The van der Waals surface area contributed by atoms with Crippen LogP contribution in [0.4, 0.5) is 4.39 Å². The molecule has 0 unspecified atom stereocenters. The Morgan fingerprint density at radius 3 is 2.78 bits per heavy atom. The molecule has 0 aliphatic carbocycles. The van der Waals surface area contributed by atoms with Crippen LogP contribution >= 0.6 is 11.6 Å². The van der Waals surface area contributed by atoms with E-state index in [-0.39, 0.29) is 12.4 Å². The van der Waals surface area contributed by atoms with E-state index in [1.165, 1.54) is 12.1 Å². The zero-order valence-electron chi connectivity index (χ0n) is 10.8. The number of benzene rings is 1. The molecule has 0 aromatic heterocycles. The molecule has 1 aromatic rings. The second-order valence-electron chi connectivity index (χ2n) is 4.63. The molecule has 2 nitrogen and oxygen atoms in total. The van der Waals surface area contributed by atoms with Gasteiger partial charge in [0.25, 0.3) is 0 Å². The Bertz CT molecular complexity index is 407. The van der Waals surface area contributed by atoms with Crippen LogP contribution in [-0.4, -0.2) is 13.2 Å². The van der Waals surface area contributed by atoms with Crippen molar-refractivity contribution >= 4 is 11.6 Å². The average Bonchev–Trinajstić information content (AvgIpc) is 2.25. The second kappa shape index (κ2) is 7.39. The molecule has 1 N–H and O–H groups in total. The summed E-state index contributed by atoms with van der Waals surface area (Å²) in [6, 6.07) is 4.64. The molecule has 0 saturated heterocycles. The molecule has 1 rings (SSSR count). The van der Waals surface area contributed by atoms with E-state index in [2.05, 4.69) is 25.7 Å². The van der Waals surface area contributed by atoms with Crippen LogP contribution in [-0.2, 0) is 6.54 Å². The molecule has 0 spiro atoms. The molecule has 0 bridgehead atoms. The molecule has 0 radical (unpaired) electrons. The van der Waals surface area contributed by atoms with E-state index in [0.29, 0.717) is 23.2 Å². The lowest BCUT2D eigenvalue weighted by atomic mass is 10.2. The van der Waals surface area contributed by atoms with Crippen molar-refractivity contribution in [1.29, 1.82) is 0 Å². The van der Waals surface area contributed by atoms with E-state index in [9.17, 15) is 4.39 Å². The predicted molar refractivity (Wildman–Crippen MR) is 73.4 cm³/mol. The van der Waals surface area contributed by atoms with E-state index in [1.54, 1.807) is 6.07 Å². The summed E-state index contributed by atoms with van der Waals surface area (Å²) < 4.78 is 18.7. The van der Waals surface area contributed by atoms with Crippen molar-refractivity contribution in [2.75, 3.05) is 13.2 Å². The first-order valence-electron chi connectivity index (χ1n) is 5.93. The molecule has 0 aliphatic heterocycles. The highest BCUT2D eigenvalue weighted by atomic mass is 35.5. The molecule has 0 aliphatic rings. The lowest BCUT2D eigenvalue weighted by Gasteiger charge is -2.10. The minimum Gasteiger partial charge on any atom is -0.488 e. The maximum absolute atomic E-state index is 13.4. The van der Waals surface area contributed by atoms with Gasteiger partial charge in [-0.3, -0.25) is 0 Å². The summed E-state index contributed by atoms with van der Waals surface area (Å²) in [5.74, 6) is 0.723. The summed E-state index contributed by atoms with van der Waals surface area (Å²) in [6.45, 7) is 9.46. The first-order valence-corrected chi connectivity index (χ1v) is 6.31. The minimum absolute atomic E-state index is 0.184. The standard InChI is InChI=1S/C14H19ClFNO/c1-10(2)7-17-8-12-4-13(16)6-14(5-12)18-9-11(3)15/h4-6,10,17H,3,7-9H2,1-2H3. The molecular formula is C14H19ClFNO. The van der Waals surface area contributed by atoms with Crippen molar-refractivity contribution in [2.24, 2.45) is 5.92 Å². The molecule has 0 fully saturated rings. The van der Waals surface area contributed by atoms with E-state index in [4.69, 9.17) is 16.3 Å². The van der Waals surface area contributed by atoms with Gasteiger partial charge in [0.05, 0.1) is 0 Å². The van der Waals surface area contributed by atoms with Crippen LogP contribution in [0.3, 0.4) is 0 Å². The third-order valence-electron chi connectivity index (χ3n) is 2.21. The van der Waals surface area contributed by atoms with Crippen LogP contribution in [0.5, 0.6) is 5.75 Å². The third kappa shape index (κ3) is 6.03. The van der Waals surface area contributed by atoms with Crippen molar-refractivity contribution in [3.63, 3.8) is 0 Å². The molecule has 18 heavy (non-hydrogen) atoms. The van der Waals surface area contributed by atoms with Gasteiger partial charge in [-0.05, 0) is 30.2 Å². The lowest BCUT2D eigenvalue weighted by Crippen LogP contribution is -2.19. The summed E-state index contributed by atoms with van der Waals surface area (Å²) in [5.41, 5.74) is 0.853. The van der Waals surface area contributed by atoms with Crippen molar-refractivity contribution in [1.82, 2.24) is 5.32 Å². The van der Waals surface area contributed by atoms with Crippen LogP contribution in [0.1, 0.15) is 19.4 Å². The largest absolute Gasteiger partial charge is 0.488 e. The SMILES string of the molecule is C=C(Cl)COc1cc(F)cc(CNCC(C)C)c1. The molecule has 4 heteroatoms. The summed E-state index contributed by atoms with van der Waals surface area (Å²) in [6.07, 6.45) is 0. The second-order valence-corrected chi connectivity index (χ2v) is 5.16. The Morgan fingerprint density at radius 1 is 1.44 bits per heavy atom. The van der Waals surface area contributed by atoms with Crippen LogP contribution in [0, 0.1) is 11.7 Å². The highest BCUT2D eigenvalue weighted by Crippen LogP contribution is 2.17. The monoisotopic (exact) mass is 271 g/mol. The van der Waals surface area contributed by atoms with Crippen LogP contribution in [0.15, 0.2) is 29.8 Å². The number of hydrogen-bond acceptors (Lipinski definition) is 2. The van der Waals surface area contributed by atoms with Gasteiger partial charge in [0.2, 0.25) is 0 Å². The maximum Gasteiger partial charge on any atom is 0.127 e. The zero-order chi connectivity index (χ0) is 13.5. The molecule has 0 saturated carbocycles. The lowest BCUT2D eigenvalue weighted by molar-refractivity contribution is 0.356.